The molecule has 104 valence electrons. The summed E-state index contributed by atoms with van der Waals surface area (Å²) in [7, 11) is 0. The molecule has 2 nitrogen and oxygen atoms in total. The molecular weight excluding hydrogens is 265 g/mol. The molecule has 1 aromatic rings. The normalized spacial score (nSPS) is 30.8. The van der Waals surface area contributed by atoms with Gasteiger partial charge in [-0.25, -0.2) is 4.39 Å². The van der Waals surface area contributed by atoms with Crippen molar-refractivity contribution in [3.05, 3.63) is 34.6 Å². The van der Waals surface area contributed by atoms with E-state index in [1.807, 2.05) is 6.07 Å². The Labute approximate surface area is 118 Å². The Morgan fingerprint density at radius 1 is 1.42 bits per heavy atom. The zero-order chi connectivity index (χ0) is 13.5. The van der Waals surface area contributed by atoms with Crippen LogP contribution in [0.25, 0.3) is 0 Å². The molecule has 1 heterocycles. The van der Waals surface area contributed by atoms with Crippen molar-refractivity contribution in [3.8, 4) is 0 Å². The largest absolute Gasteiger partial charge is 0.377 e. The number of hydrogen-bond acceptors (Lipinski definition) is 2. The predicted molar refractivity (Wildman–Crippen MR) is 73.7 cm³/mol. The van der Waals surface area contributed by atoms with E-state index in [4.69, 9.17) is 22.1 Å². The quantitative estimate of drug-likeness (QED) is 0.921. The number of ether oxygens (including phenoxy) is 1. The summed E-state index contributed by atoms with van der Waals surface area (Å²) < 4.78 is 19.5. The van der Waals surface area contributed by atoms with Crippen molar-refractivity contribution in [1.29, 1.82) is 0 Å². The fourth-order valence-electron chi connectivity index (χ4n) is 3.28. The lowest BCUT2D eigenvalue weighted by Gasteiger charge is -2.33. The molecule has 1 aromatic carbocycles. The van der Waals surface area contributed by atoms with E-state index in [-0.39, 0.29) is 22.4 Å². The van der Waals surface area contributed by atoms with Gasteiger partial charge in [-0.15, -0.1) is 0 Å². The highest BCUT2D eigenvalue weighted by Crippen LogP contribution is 2.49. The van der Waals surface area contributed by atoms with Gasteiger partial charge in [0.25, 0.3) is 0 Å². The van der Waals surface area contributed by atoms with Crippen LogP contribution in [0.2, 0.25) is 5.02 Å². The fourth-order valence-corrected chi connectivity index (χ4v) is 3.40. The fraction of sp³-hybridized carbons (Fsp3) is 0.600. The molecule has 2 N–H and O–H groups in total. The maximum Gasteiger partial charge on any atom is 0.142 e. The molecule has 0 amide bonds. The molecule has 19 heavy (non-hydrogen) atoms. The monoisotopic (exact) mass is 283 g/mol. The average molecular weight is 284 g/mol. The number of halogens is 2. The van der Waals surface area contributed by atoms with Gasteiger partial charge in [-0.3, -0.25) is 0 Å². The van der Waals surface area contributed by atoms with Crippen LogP contribution in [0.1, 0.15) is 24.8 Å². The molecule has 1 aliphatic heterocycles. The third-order valence-electron chi connectivity index (χ3n) is 4.50. The minimum absolute atomic E-state index is 0.0264. The third-order valence-corrected chi connectivity index (χ3v) is 4.80. The summed E-state index contributed by atoms with van der Waals surface area (Å²) in [6, 6.07) is 5.05. The summed E-state index contributed by atoms with van der Waals surface area (Å²) in [5.41, 5.74) is 6.98. The highest BCUT2D eigenvalue weighted by atomic mass is 35.5. The van der Waals surface area contributed by atoms with Gasteiger partial charge in [0.05, 0.1) is 11.1 Å². The zero-order valence-electron chi connectivity index (χ0n) is 10.9. The van der Waals surface area contributed by atoms with Crippen molar-refractivity contribution in [2.75, 3.05) is 13.2 Å². The van der Waals surface area contributed by atoms with Crippen molar-refractivity contribution >= 4 is 11.6 Å². The first-order chi connectivity index (χ1) is 9.14. The van der Waals surface area contributed by atoms with Crippen molar-refractivity contribution in [1.82, 2.24) is 0 Å². The van der Waals surface area contributed by atoms with Gasteiger partial charge in [-0.2, -0.15) is 0 Å². The zero-order valence-corrected chi connectivity index (χ0v) is 11.6. The lowest BCUT2D eigenvalue weighted by Crippen LogP contribution is -2.41. The van der Waals surface area contributed by atoms with E-state index >= 15 is 0 Å². The lowest BCUT2D eigenvalue weighted by molar-refractivity contribution is 0.0344. The van der Waals surface area contributed by atoms with E-state index in [0.717, 1.165) is 25.0 Å². The van der Waals surface area contributed by atoms with Crippen molar-refractivity contribution in [3.63, 3.8) is 0 Å². The highest BCUT2D eigenvalue weighted by molar-refractivity contribution is 6.30. The van der Waals surface area contributed by atoms with E-state index in [0.29, 0.717) is 12.5 Å². The number of rotatable bonds is 4. The van der Waals surface area contributed by atoms with E-state index in [9.17, 15) is 4.39 Å². The van der Waals surface area contributed by atoms with Crippen LogP contribution in [0.15, 0.2) is 18.2 Å². The Hall–Kier alpha value is -0.640. The van der Waals surface area contributed by atoms with Gasteiger partial charge in [-0.1, -0.05) is 17.7 Å². The molecular formula is C15H19ClFNO. The highest BCUT2D eigenvalue weighted by Gasteiger charge is 2.50. The standard InChI is InChI=1S/C15H19ClFNO/c16-12-4-1-10(7-13(12)17)8-15(9-18)5-6-19-14(15)11-2-3-11/h1,4,7,11,14H,2-3,5-6,8-9,18H2. The lowest BCUT2D eigenvalue weighted by atomic mass is 9.74. The smallest absolute Gasteiger partial charge is 0.142 e. The Morgan fingerprint density at radius 3 is 2.84 bits per heavy atom. The van der Waals surface area contributed by atoms with Gasteiger partial charge in [-0.05, 0) is 49.3 Å². The Morgan fingerprint density at radius 2 is 2.21 bits per heavy atom. The van der Waals surface area contributed by atoms with Crippen LogP contribution in [0.3, 0.4) is 0 Å². The molecule has 2 atom stereocenters. The van der Waals surface area contributed by atoms with Crippen LogP contribution in [0.5, 0.6) is 0 Å². The minimum Gasteiger partial charge on any atom is -0.377 e. The second-order valence-corrected chi connectivity index (χ2v) is 6.28. The summed E-state index contributed by atoms with van der Waals surface area (Å²) in [4.78, 5) is 0. The van der Waals surface area contributed by atoms with Gasteiger partial charge in [0.15, 0.2) is 0 Å². The van der Waals surface area contributed by atoms with Gasteiger partial charge >= 0.3 is 0 Å². The van der Waals surface area contributed by atoms with Gasteiger partial charge in [0, 0.05) is 18.6 Å². The van der Waals surface area contributed by atoms with Crippen LogP contribution in [0.4, 0.5) is 4.39 Å². The Balaban J connectivity index is 1.83. The predicted octanol–water partition coefficient (Wildman–Crippen LogP) is 3.17. The van der Waals surface area contributed by atoms with Gasteiger partial charge < -0.3 is 10.5 Å². The maximum atomic E-state index is 13.6. The number of hydrogen-bond donors (Lipinski definition) is 1. The summed E-state index contributed by atoms with van der Waals surface area (Å²) >= 11 is 5.73. The maximum absolute atomic E-state index is 13.6. The van der Waals surface area contributed by atoms with Crippen molar-refractivity contribution in [2.24, 2.45) is 17.1 Å². The average Bonchev–Trinajstić information content (AvgIpc) is 3.16. The molecule has 0 bridgehead atoms. The molecule has 1 aliphatic carbocycles. The SMILES string of the molecule is NCC1(Cc2ccc(Cl)c(F)c2)CCOC1C1CC1. The number of nitrogens with two attached hydrogens (primary N) is 1. The molecule has 2 unspecified atom stereocenters. The van der Waals surface area contributed by atoms with E-state index in [2.05, 4.69) is 0 Å². The van der Waals surface area contributed by atoms with Crippen LogP contribution < -0.4 is 5.73 Å². The van der Waals surface area contributed by atoms with Gasteiger partial charge in [0.2, 0.25) is 0 Å². The van der Waals surface area contributed by atoms with Gasteiger partial charge in [0.1, 0.15) is 5.82 Å². The van der Waals surface area contributed by atoms with Crippen LogP contribution in [0, 0.1) is 17.2 Å². The molecule has 3 rings (SSSR count). The van der Waals surface area contributed by atoms with Crippen LogP contribution in [-0.2, 0) is 11.2 Å². The summed E-state index contributed by atoms with van der Waals surface area (Å²) in [5.74, 6) is 0.302. The second-order valence-electron chi connectivity index (χ2n) is 5.87. The second kappa shape index (κ2) is 5.04. The molecule has 1 saturated carbocycles. The van der Waals surface area contributed by atoms with Crippen LogP contribution >= 0.6 is 11.6 Å². The third kappa shape index (κ3) is 2.51. The molecule has 2 fully saturated rings. The van der Waals surface area contributed by atoms with E-state index in [1.165, 1.54) is 18.9 Å². The number of benzene rings is 1. The minimum atomic E-state index is -0.353. The Kier molecular flexibility index (Phi) is 3.54. The van der Waals surface area contributed by atoms with Crippen LogP contribution in [-0.4, -0.2) is 19.3 Å². The molecule has 2 aliphatic rings. The molecule has 1 saturated heterocycles. The van der Waals surface area contributed by atoms with E-state index < -0.39 is 0 Å². The van der Waals surface area contributed by atoms with E-state index in [1.54, 1.807) is 6.07 Å². The molecule has 0 aromatic heterocycles. The summed E-state index contributed by atoms with van der Waals surface area (Å²) in [6.07, 6.45) is 4.47. The molecule has 0 spiro atoms. The molecule has 4 heteroatoms. The summed E-state index contributed by atoms with van der Waals surface area (Å²) in [5, 5.41) is 0.173. The molecule has 0 radical (unpaired) electrons. The summed E-state index contributed by atoms with van der Waals surface area (Å²) in [6.45, 7) is 1.37. The first-order valence-corrected chi connectivity index (χ1v) is 7.28. The Bertz CT molecular complexity index is 477. The van der Waals surface area contributed by atoms with Crippen molar-refractivity contribution < 1.29 is 9.13 Å². The van der Waals surface area contributed by atoms with Crippen molar-refractivity contribution in [2.45, 2.75) is 31.8 Å². The topological polar surface area (TPSA) is 35.2 Å². The first kappa shape index (κ1) is 13.3. The first-order valence-electron chi connectivity index (χ1n) is 6.90.